The van der Waals surface area contributed by atoms with Gasteiger partial charge < -0.3 is 5.11 Å². The fourth-order valence-corrected chi connectivity index (χ4v) is 1.40. The van der Waals surface area contributed by atoms with Crippen molar-refractivity contribution in [2.45, 2.75) is 32.7 Å². The Morgan fingerprint density at radius 2 is 2.43 bits per heavy atom. The molecule has 4 nitrogen and oxygen atoms in total. The van der Waals surface area contributed by atoms with Crippen LogP contribution in [0.25, 0.3) is 0 Å². The molecule has 0 aliphatic rings. The van der Waals surface area contributed by atoms with Gasteiger partial charge in [-0.15, -0.1) is 0 Å². The predicted octanol–water partition coefficient (Wildman–Crippen LogP) is 2.27. The number of rotatable bonds is 4. The van der Waals surface area contributed by atoms with Crippen LogP contribution in [0.2, 0.25) is 5.02 Å². The lowest BCUT2D eigenvalue weighted by atomic mass is 10.2. The van der Waals surface area contributed by atoms with Crippen molar-refractivity contribution >= 4 is 17.6 Å². The quantitative estimate of drug-likeness (QED) is 0.840. The second-order valence-corrected chi connectivity index (χ2v) is 3.59. The summed E-state index contributed by atoms with van der Waals surface area (Å²) in [6, 6.07) is -0.605. The van der Waals surface area contributed by atoms with E-state index in [2.05, 4.69) is 5.10 Å². The van der Waals surface area contributed by atoms with E-state index >= 15 is 0 Å². The average molecular weight is 217 g/mol. The first-order chi connectivity index (χ1) is 6.56. The van der Waals surface area contributed by atoms with Crippen molar-refractivity contribution in [3.8, 4) is 0 Å². The largest absolute Gasteiger partial charge is 0.480 e. The molecule has 1 N–H and O–H groups in total. The third-order valence-corrected chi connectivity index (χ3v) is 2.39. The Morgan fingerprint density at radius 1 is 1.79 bits per heavy atom. The summed E-state index contributed by atoms with van der Waals surface area (Å²) in [6.45, 7) is 3.69. The number of aryl methyl sites for hydroxylation is 1. The Morgan fingerprint density at radius 3 is 2.79 bits per heavy atom. The minimum absolute atomic E-state index is 0.507. The minimum Gasteiger partial charge on any atom is -0.480 e. The van der Waals surface area contributed by atoms with Crippen LogP contribution in [0, 0.1) is 6.92 Å². The normalized spacial score (nSPS) is 12.8. The van der Waals surface area contributed by atoms with Crippen LogP contribution in [0.1, 0.15) is 31.5 Å². The summed E-state index contributed by atoms with van der Waals surface area (Å²) >= 11 is 5.80. The molecule has 0 aliphatic carbocycles. The van der Waals surface area contributed by atoms with Gasteiger partial charge in [-0.05, 0) is 13.3 Å². The molecule has 5 heteroatoms. The van der Waals surface area contributed by atoms with Crippen LogP contribution in [0.5, 0.6) is 0 Å². The molecule has 1 heterocycles. The van der Waals surface area contributed by atoms with Crippen LogP contribution >= 0.6 is 11.6 Å². The highest BCUT2D eigenvalue weighted by Crippen LogP contribution is 2.19. The molecule has 0 aromatic carbocycles. The lowest BCUT2D eigenvalue weighted by Gasteiger charge is -2.10. The average Bonchev–Trinajstić information content (AvgIpc) is 2.42. The summed E-state index contributed by atoms with van der Waals surface area (Å²) in [5.74, 6) is -0.869. The van der Waals surface area contributed by atoms with E-state index in [4.69, 9.17) is 16.7 Å². The maximum atomic E-state index is 10.9. The van der Waals surface area contributed by atoms with Gasteiger partial charge in [0.25, 0.3) is 0 Å². The van der Waals surface area contributed by atoms with Crippen molar-refractivity contribution in [1.29, 1.82) is 0 Å². The van der Waals surface area contributed by atoms with Crippen molar-refractivity contribution in [3.05, 3.63) is 16.9 Å². The molecule has 0 saturated heterocycles. The highest BCUT2D eigenvalue weighted by Gasteiger charge is 2.20. The molecule has 0 amide bonds. The number of hydrogen-bond donors (Lipinski definition) is 1. The highest BCUT2D eigenvalue weighted by molar-refractivity contribution is 6.31. The van der Waals surface area contributed by atoms with Crippen molar-refractivity contribution in [2.75, 3.05) is 0 Å². The number of carboxylic acid groups (broad SMARTS) is 1. The van der Waals surface area contributed by atoms with Crippen LogP contribution < -0.4 is 0 Å². The zero-order valence-electron chi connectivity index (χ0n) is 8.20. The number of aliphatic carboxylic acids is 1. The summed E-state index contributed by atoms with van der Waals surface area (Å²) < 4.78 is 1.42. The van der Waals surface area contributed by atoms with Crippen molar-refractivity contribution in [3.63, 3.8) is 0 Å². The molecule has 0 aliphatic heterocycles. The van der Waals surface area contributed by atoms with Gasteiger partial charge in [0, 0.05) is 6.20 Å². The first-order valence-corrected chi connectivity index (χ1v) is 4.88. The highest BCUT2D eigenvalue weighted by atomic mass is 35.5. The second kappa shape index (κ2) is 4.46. The van der Waals surface area contributed by atoms with E-state index < -0.39 is 12.0 Å². The van der Waals surface area contributed by atoms with E-state index in [0.717, 1.165) is 6.42 Å². The number of halogens is 1. The van der Waals surface area contributed by atoms with Crippen molar-refractivity contribution in [2.24, 2.45) is 0 Å². The van der Waals surface area contributed by atoms with Crippen molar-refractivity contribution < 1.29 is 9.90 Å². The van der Waals surface area contributed by atoms with Gasteiger partial charge >= 0.3 is 5.97 Å². The molecule has 0 radical (unpaired) electrons. The Bertz CT molecular complexity index is 316. The van der Waals surface area contributed by atoms with Crippen LogP contribution in [-0.2, 0) is 4.79 Å². The number of carboxylic acids is 1. The first kappa shape index (κ1) is 11.0. The number of nitrogens with zero attached hydrogens (tertiary/aromatic N) is 2. The molecule has 1 aromatic heterocycles. The molecule has 0 bridgehead atoms. The molecule has 0 spiro atoms. The van der Waals surface area contributed by atoms with E-state index in [1.807, 2.05) is 6.92 Å². The van der Waals surface area contributed by atoms with Crippen LogP contribution in [0.15, 0.2) is 6.20 Å². The SMILES string of the molecule is CCCC(C(=O)O)n1cc(Cl)c(C)n1. The molecule has 1 rings (SSSR count). The van der Waals surface area contributed by atoms with Gasteiger partial charge in [-0.25, -0.2) is 4.79 Å². The van der Waals surface area contributed by atoms with Gasteiger partial charge in [0.05, 0.1) is 10.7 Å². The molecule has 1 unspecified atom stereocenters. The first-order valence-electron chi connectivity index (χ1n) is 4.50. The second-order valence-electron chi connectivity index (χ2n) is 3.19. The number of hydrogen-bond acceptors (Lipinski definition) is 2. The lowest BCUT2D eigenvalue weighted by Crippen LogP contribution is -2.19. The van der Waals surface area contributed by atoms with Crippen LogP contribution in [-0.4, -0.2) is 20.9 Å². The van der Waals surface area contributed by atoms with Gasteiger partial charge in [-0.1, -0.05) is 24.9 Å². The van der Waals surface area contributed by atoms with Crippen LogP contribution in [0.4, 0.5) is 0 Å². The third-order valence-electron chi connectivity index (χ3n) is 2.02. The zero-order valence-corrected chi connectivity index (χ0v) is 8.95. The van der Waals surface area contributed by atoms with E-state index in [1.165, 1.54) is 4.68 Å². The molecule has 1 aromatic rings. The molecule has 14 heavy (non-hydrogen) atoms. The fraction of sp³-hybridized carbons (Fsp3) is 0.556. The number of aromatic nitrogens is 2. The maximum Gasteiger partial charge on any atom is 0.328 e. The molecule has 1 atom stereocenters. The van der Waals surface area contributed by atoms with Gasteiger partial charge in [-0.2, -0.15) is 5.10 Å². The Hall–Kier alpha value is -1.03. The monoisotopic (exact) mass is 216 g/mol. The summed E-state index contributed by atoms with van der Waals surface area (Å²) in [5.41, 5.74) is 0.661. The van der Waals surface area contributed by atoms with Crippen LogP contribution in [0.3, 0.4) is 0 Å². The van der Waals surface area contributed by atoms with E-state index in [9.17, 15) is 4.79 Å². The van der Waals surface area contributed by atoms with Gasteiger partial charge in [0.1, 0.15) is 6.04 Å². The molecule has 0 fully saturated rings. The standard InChI is InChI=1S/C9H13ClN2O2/c1-3-4-8(9(13)14)12-5-7(10)6(2)11-12/h5,8H,3-4H2,1-2H3,(H,13,14). The van der Waals surface area contributed by atoms with Gasteiger partial charge in [0.15, 0.2) is 0 Å². The zero-order chi connectivity index (χ0) is 10.7. The molecular formula is C9H13ClN2O2. The predicted molar refractivity (Wildman–Crippen MR) is 53.6 cm³/mol. The summed E-state index contributed by atoms with van der Waals surface area (Å²) in [6.07, 6.45) is 2.92. The molecular weight excluding hydrogens is 204 g/mol. The fourth-order valence-electron chi connectivity index (χ4n) is 1.26. The van der Waals surface area contributed by atoms with E-state index in [-0.39, 0.29) is 0 Å². The summed E-state index contributed by atoms with van der Waals surface area (Å²) in [4.78, 5) is 10.9. The van der Waals surface area contributed by atoms with Crippen molar-refractivity contribution in [1.82, 2.24) is 9.78 Å². The third kappa shape index (κ3) is 2.26. The summed E-state index contributed by atoms with van der Waals surface area (Å²) in [5, 5.41) is 13.5. The lowest BCUT2D eigenvalue weighted by molar-refractivity contribution is -0.141. The van der Waals surface area contributed by atoms with Gasteiger partial charge in [-0.3, -0.25) is 4.68 Å². The Kier molecular flexibility index (Phi) is 3.52. The molecule has 0 saturated carbocycles. The topological polar surface area (TPSA) is 55.1 Å². The Labute approximate surface area is 87.5 Å². The Balaban J connectivity index is 2.93. The maximum absolute atomic E-state index is 10.9. The van der Waals surface area contributed by atoms with E-state index in [0.29, 0.717) is 17.1 Å². The minimum atomic E-state index is -0.869. The van der Waals surface area contributed by atoms with E-state index in [1.54, 1.807) is 13.1 Å². The molecule has 78 valence electrons. The summed E-state index contributed by atoms with van der Waals surface area (Å²) in [7, 11) is 0. The smallest absolute Gasteiger partial charge is 0.328 e. The van der Waals surface area contributed by atoms with Gasteiger partial charge in [0.2, 0.25) is 0 Å². The number of carbonyl (C=O) groups is 1.